The highest BCUT2D eigenvalue weighted by Gasteiger charge is 2.33. The quantitative estimate of drug-likeness (QED) is 0.376. The summed E-state index contributed by atoms with van der Waals surface area (Å²) < 4.78 is 17.0. The third-order valence-electron chi connectivity index (χ3n) is 7.02. The standard InChI is InChI=1S/C26H32N2O6/c1-32-24-15-19-13-14-27(26(29)12-7-18-5-3-4-6-18)23(22(19)16-25(24)33-2)17-34-21-10-8-20(9-11-21)28(30)31/h8-11,15-16,18,23H,3-7,12-14,17H2,1-2H3/t23-/m0/s1. The van der Waals surface area contributed by atoms with Gasteiger partial charge in [0.05, 0.1) is 25.2 Å². The molecule has 1 amide bonds. The molecule has 1 aliphatic carbocycles. The molecule has 0 radical (unpaired) electrons. The lowest BCUT2D eigenvalue weighted by Gasteiger charge is -2.38. The number of methoxy groups -OCH3 is 2. The van der Waals surface area contributed by atoms with E-state index in [4.69, 9.17) is 14.2 Å². The molecular weight excluding hydrogens is 436 g/mol. The molecule has 0 unspecified atom stereocenters. The van der Waals surface area contributed by atoms with Crippen LogP contribution in [0.2, 0.25) is 0 Å². The molecule has 2 aromatic rings. The van der Waals surface area contributed by atoms with Crippen LogP contribution in [0.15, 0.2) is 36.4 Å². The van der Waals surface area contributed by atoms with E-state index in [2.05, 4.69) is 0 Å². The number of benzene rings is 2. The minimum Gasteiger partial charge on any atom is -0.493 e. The van der Waals surface area contributed by atoms with Crippen LogP contribution < -0.4 is 14.2 Å². The van der Waals surface area contributed by atoms with Gasteiger partial charge in [0.2, 0.25) is 5.91 Å². The molecule has 0 N–H and O–H groups in total. The molecule has 0 saturated heterocycles. The molecule has 8 heteroatoms. The largest absolute Gasteiger partial charge is 0.493 e. The summed E-state index contributed by atoms with van der Waals surface area (Å²) in [5.74, 6) is 2.60. The van der Waals surface area contributed by atoms with Crippen LogP contribution in [-0.4, -0.2) is 43.1 Å². The summed E-state index contributed by atoms with van der Waals surface area (Å²) in [6.07, 6.45) is 7.19. The summed E-state index contributed by atoms with van der Waals surface area (Å²) in [5, 5.41) is 10.9. The Morgan fingerprint density at radius 3 is 2.41 bits per heavy atom. The Balaban J connectivity index is 1.56. The molecule has 1 aliphatic heterocycles. The minimum atomic E-state index is -0.439. The van der Waals surface area contributed by atoms with Crippen LogP contribution in [0.1, 0.15) is 55.7 Å². The Bertz CT molecular complexity index is 1020. The van der Waals surface area contributed by atoms with Gasteiger partial charge in [-0.3, -0.25) is 14.9 Å². The number of carbonyl (C=O) groups excluding carboxylic acids is 1. The van der Waals surface area contributed by atoms with Crippen molar-refractivity contribution in [1.29, 1.82) is 0 Å². The molecule has 0 spiro atoms. The van der Waals surface area contributed by atoms with Crippen molar-refractivity contribution in [2.75, 3.05) is 27.4 Å². The van der Waals surface area contributed by atoms with E-state index in [-0.39, 0.29) is 24.2 Å². The molecule has 1 heterocycles. The molecule has 2 aromatic carbocycles. The highest BCUT2D eigenvalue weighted by Crippen LogP contribution is 2.39. The van der Waals surface area contributed by atoms with Crippen LogP contribution in [0, 0.1) is 16.0 Å². The highest BCUT2D eigenvalue weighted by molar-refractivity contribution is 5.77. The van der Waals surface area contributed by atoms with Crippen molar-refractivity contribution in [2.45, 2.75) is 51.0 Å². The Morgan fingerprint density at radius 1 is 1.09 bits per heavy atom. The van der Waals surface area contributed by atoms with Gasteiger partial charge >= 0.3 is 0 Å². The van der Waals surface area contributed by atoms with Crippen molar-refractivity contribution in [3.05, 3.63) is 57.6 Å². The van der Waals surface area contributed by atoms with E-state index in [0.717, 1.165) is 24.0 Å². The number of hydrogen-bond donors (Lipinski definition) is 0. The number of nitro benzene ring substituents is 1. The summed E-state index contributed by atoms with van der Waals surface area (Å²) in [4.78, 5) is 25.7. The summed E-state index contributed by atoms with van der Waals surface area (Å²) in [6, 6.07) is 9.65. The summed E-state index contributed by atoms with van der Waals surface area (Å²) >= 11 is 0. The molecule has 1 fully saturated rings. The molecule has 1 atom stereocenters. The fourth-order valence-electron chi connectivity index (χ4n) is 5.12. The zero-order valence-corrected chi connectivity index (χ0v) is 19.8. The number of ether oxygens (including phenoxy) is 3. The minimum absolute atomic E-state index is 0.0101. The maximum atomic E-state index is 13.3. The van der Waals surface area contributed by atoms with Gasteiger partial charge < -0.3 is 19.1 Å². The zero-order valence-electron chi connectivity index (χ0n) is 19.8. The van der Waals surface area contributed by atoms with Crippen LogP contribution >= 0.6 is 0 Å². The molecule has 8 nitrogen and oxygen atoms in total. The lowest BCUT2D eigenvalue weighted by Crippen LogP contribution is -2.42. The van der Waals surface area contributed by atoms with Gasteiger partial charge in [-0.2, -0.15) is 0 Å². The highest BCUT2D eigenvalue weighted by atomic mass is 16.6. The van der Waals surface area contributed by atoms with Crippen LogP contribution in [0.5, 0.6) is 17.2 Å². The number of fused-ring (bicyclic) bond motifs is 1. The Hall–Kier alpha value is -3.29. The van der Waals surface area contributed by atoms with Crippen LogP contribution in [0.3, 0.4) is 0 Å². The van der Waals surface area contributed by atoms with Crippen LogP contribution in [0.4, 0.5) is 5.69 Å². The van der Waals surface area contributed by atoms with Crippen molar-refractivity contribution < 1.29 is 23.9 Å². The monoisotopic (exact) mass is 468 g/mol. The van der Waals surface area contributed by atoms with Gasteiger partial charge in [-0.1, -0.05) is 25.7 Å². The summed E-state index contributed by atoms with van der Waals surface area (Å²) in [6.45, 7) is 0.857. The van der Waals surface area contributed by atoms with Crippen molar-refractivity contribution >= 4 is 11.6 Å². The predicted molar refractivity (Wildman–Crippen MR) is 127 cm³/mol. The van der Waals surface area contributed by atoms with Gasteiger partial charge in [-0.05, 0) is 54.2 Å². The van der Waals surface area contributed by atoms with E-state index < -0.39 is 4.92 Å². The number of hydrogen-bond acceptors (Lipinski definition) is 6. The van der Waals surface area contributed by atoms with E-state index in [9.17, 15) is 14.9 Å². The van der Waals surface area contributed by atoms with Gasteiger partial charge in [-0.15, -0.1) is 0 Å². The second-order valence-corrected chi connectivity index (χ2v) is 9.01. The lowest BCUT2D eigenvalue weighted by atomic mass is 9.91. The molecule has 182 valence electrons. The van der Waals surface area contributed by atoms with Crippen molar-refractivity contribution in [3.8, 4) is 17.2 Å². The lowest BCUT2D eigenvalue weighted by molar-refractivity contribution is -0.384. The average Bonchev–Trinajstić information content (AvgIpc) is 3.38. The number of non-ortho nitro benzene ring substituents is 1. The maximum Gasteiger partial charge on any atom is 0.269 e. The second kappa shape index (κ2) is 10.8. The normalized spacial score (nSPS) is 17.8. The molecule has 34 heavy (non-hydrogen) atoms. The van der Waals surface area contributed by atoms with E-state index >= 15 is 0 Å². The van der Waals surface area contributed by atoms with Gasteiger partial charge in [0, 0.05) is 25.1 Å². The number of nitrogens with zero attached hydrogens (tertiary/aromatic N) is 2. The van der Waals surface area contributed by atoms with E-state index in [1.807, 2.05) is 17.0 Å². The van der Waals surface area contributed by atoms with Gasteiger partial charge in [0.15, 0.2) is 11.5 Å². The van der Waals surface area contributed by atoms with E-state index in [1.165, 1.54) is 37.8 Å². The van der Waals surface area contributed by atoms with E-state index in [0.29, 0.717) is 36.1 Å². The maximum absolute atomic E-state index is 13.3. The number of nitro groups is 1. The first-order valence-corrected chi connectivity index (χ1v) is 11.9. The summed E-state index contributed by atoms with van der Waals surface area (Å²) in [7, 11) is 3.21. The molecule has 1 saturated carbocycles. The van der Waals surface area contributed by atoms with Crippen molar-refractivity contribution in [2.24, 2.45) is 5.92 Å². The number of amides is 1. The molecule has 2 aliphatic rings. The predicted octanol–water partition coefficient (Wildman–Crippen LogP) is 5.09. The molecular formula is C26H32N2O6. The zero-order chi connectivity index (χ0) is 24.1. The summed E-state index contributed by atoms with van der Waals surface area (Å²) in [5.41, 5.74) is 2.10. The first-order valence-electron chi connectivity index (χ1n) is 11.9. The molecule has 4 rings (SSSR count). The SMILES string of the molecule is COc1cc2c(cc1OC)[C@H](COc1ccc([N+](=O)[O-])cc1)N(C(=O)CCC1CCCC1)CC2. The van der Waals surface area contributed by atoms with Gasteiger partial charge in [0.25, 0.3) is 5.69 Å². The fourth-order valence-corrected chi connectivity index (χ4v) is 5.12. The Morgan fingerprint density at radius 2 is 1.76 bits per heavy atom. The first kappa shape index (κ1) is 23.9. The second-order valence-electron chi connectivity index (χ2n) is 9.01. The fraction of sp³-hybridized carbons (Fsp3) is 0.500. The first-order chi connectivity index (χ1) is 16.5. The average molecular weight is 469 g/mol. The van der Waals surface area contributed by atoms with Crippen molar-refractivity contribution in [1.82, 2.24) is 4.90 Å². The van der Waals surface area contributed by atoms with E-state index in [1.54, 1.807) is 26.4 Å². The smallest absolute Gasteiger partial charge is 0.269 e. The topological polar surface area (TPSA) is 91.1 Å². The van der Waals surface area contributed by atoms with Crippen molar-refractivity contribution in [3.63, 3.8) is 0 Å². The Kier molecular flexibility index (Phi) is 7.55. The van der Waals surface area contributed by atoms with Crippen LogP contribution in [-0.2, 0) is 11.2 Å². The number of rotatable bonds is 9. The van der Waals surface area contributed by atoms with Gasteiger partial charge in [0.1, 0.15) is 12.4 Å². The number of carbonyl (C=O) groups is 1. The third kappa shape index (κ3) is 5.26. The Labute approximate surface area is 200 Å². The third-order valence-corrected chi connectivity index (χ3v) is 7.02. The molecule has 0 aromatic heterocycles. The van der Waals surface area contributed by atoms with Gasteiger partial charge in [-0.25, -0.2) is 0 Å². The molecule has 0 bridgehead atoms. The van der Waals surface area contributed by atoms with Crippen LogP contribution in [0.25, 0.3) is 0 Å².